The summed E-state index contributed by atoms with van der Waals surface area (Å²) in [7, 11) is 0. The van der Waals surface area contributed by atoms with Gasteiger partial charge in [-0.1, -0.05) is 140 Å². The summed E-state index contributed by atoms with van der Waals surface area (Å²) in [6.07, 6.45) is 0. The van der Waals surface area contributed by atoms with Crippen LogP contribution in [-0.2, 0) is 0 Å². The second kappa shape index (κ2) is 13.4. The van der Waals surface area contributed by atoms with Gasteiger partial charge >= 0.3 is 6.92 Å². The minimum Gasteiger partial charge on any atom is -0.551 e. The summed E-state index contributed by atoms with van der Waals surface area (Å²) in [5, 5.41) is 6.77. The lowest BCUT2D eigenvalue weighted by Gasteiger charge is -2.33. The standard InChI is InChI=1S/C60H34BNO4/c1-2-15-39(44-20-13-21-45-42-18-5-10-25-53(42)64-59(44)45)38(14-1)35-28-29-55-47(30-35)48-31-36(32-57-58(48)61(66-55)50-22-7-12-27-56(50)63-57)46-33-37(34-49-43-19-6-11-26-54(43)65-60(46)49)62-51-23-8-3-16-40(51)41-17-4-9-24-52(41)62/h1-34H. The highest BCUT2D eigenvalue weighted by Crippen LogP contribution is 2.47. The van der Waals surface area contributed by atoms with Crippen molar-refractivity contribution in [3.63, 3.8) is 0 Å². The maximum absolute atomic E-state index is 7.05. The fourth-order valence-corrected chi connectivity index (χ4v) is 11.0. The molecule has 0 aliphatic carbocycles. The number of fused-ring (bicyclic) bond motifs is 13. The fraction of sp³-hybridized carbons (Fsp3) is 0. The van der Waals surface area contributed by atoms with Gasteiger partial charge in [0.2, 0.25) is 0 Å². The predicted molar refractivity (Wildman–Crippen MR) is 269 cm³/mol. The Labute approximate surface area is 378 Å². The van der Waals surface area contributed by atoms with Crippen LogP contribution in [0.15, 0.2) is 215 Å². The fourth-order valence-electron chi connectivity index (χ4n) is 11.0. The molecule has 10 aromatic carbocycles. The summed E-state index contributed by atoms with van der Waals surface area (Å²) >= 11 is 0. The highest BCUT2D eigenvalue weighted by atomic mass is 16.5. The summed E-state index contributed by atoms with van der Waals surface area (Å²) in [4.78, 5) is 0. The van der Waals surface area contributed by atoms with E-state index in [4.69, 9.17) is 18.2 Å². The van der Waals surface area contributed by atoms with E-state index >= 15 is 0 Å². The Hall–Kier alpha value is -8.74. The first kappa shape index (κ1) is 35.7. The Morgan fingerprint density at radius 2 is 0.955 bits per heavy atom. The lowest BCUT2D eigenvalue weighted by atomic mass is 9.50. The molecule has 0 fully saturated rings. The van der Waals surface area contributed by atoms with Crippen molar-refractivity contribution in [3.8, 4) is 67.4 Å². The van der Waals surface area contributed by atoms with Crippen molar-refractivity contribution in [2.24, 2.45) is 0 Å². The second-order valence-electron chi connectivity index (χ2n) is 17.4. The van der Waals surface area contributed by atoms with E-state index < -0.39 is 0 Å². The number of hydrogen-bond acceptors (Lipinski definition) is 4. The Kier molecular flexibility index (Phi) is 7.24. The van der Waals surface area contributed by atoms with Gasteiger partial charge in [0.15, 0.2) is 0 Å². The minimum absolute atomic E-state index is 0.347. The van der Waals surface area contributed by atoms with Gasteiger partial charge in [0, 0.05) is 65.6 Å². The van der Waals surface area contributed by atoms with Gasteiger partial charge in [0.05, 0.1) is 11.0 Å². The molecular weight excluding hydrogens is 809 g/mol. The first-order valence-corrected chi connectivity index (χ1v) is 22.4. The van der Waals surface area contributed by atoms with E-state index in [2.05, 4.69) is 180 Å². The summed E-state index contributed by atoms with van der Waals surface area (Å²) < 4.78 is 29.8. The lowest BCUT2D eigenvalue weighted by molar-refractivity contribution is 0.479. The smallest absolute Gasteiger partial charge is 0.434 e. The molecule has 0 atom stereocenters. The van der Waals surface area contributed by atoms with Gasteiger partial charge in [0.25, 0.3) is 0 Å². The average molecular weight is 844 g/mol. The van der Waals surface area contributed by atoms with Gasteiger partial charge in [0.1, 0.15) is 39.6 Å². The zero-order valence-electron chi connectivity index (χ0n) is 35.3. The molecule has 0 bridgehead atoms. The molecule has 5 nitrogen and oxygen atoms in total. The number of hydrogen-bond donors (Lipinski definition) is 0. The van der Waals surface area contributed by atoms with Crippen LogP contribution in [0.1, 0.15) is 0 Å². The van der Waals surface area contributed by atoms with Crippen molar-refractivity contribution in [2.45, 2.75) is 0 Å². The molecule has 306 valence electrons. The molecule has 5 heterocycles. The van der Waals surface area contributed by atoms with Crippen LogP contribution in [0.25, 0.3) is 116 Å². The van der Waals surface area contributed by atoms with Crippen LogP contribution >= 0.6 is 0 Å². The largest absolute Gasteiger partial charge is 0.551 e. The predicted octanol–water partition coefficient (Wildman–Crippen LogP) is 14.9. The van der Waals surface area contributed by atoms with Crippen LogP contribution in [0, 0.1) is 0 Å². The van der Waals surface area contributed by atoms with E-state index in [-0.39, 0.29) is 6.92 Å². The topological polar surface area (TPSA) is 49.7 Å². The normalized spacial score (nSPS) is 12.8. The van der Waals surface area contributed by atoms with Gasteiger partial charge in [-0.25, -0.2) is 0 Å². The van der Waals surface area contributed by atoms with Crippen LogP contribution in [0.3, 0.4) is 0 Å². The first-order valence-electron chi connectivity index (χ1n) is 22.4. The maximum atomic E-state index is 7.05. The summed E-state index contributed by atoms with van der Waals surface area (Å²) in [5.74, 6) is 2.38. The van der Waals surface area contributed by atoms with Crippen molar-refractivity contribution >= 4 is 83.5 Å². The van der Waals surface area contributed by atoms with Gasteiger partial charge in [-0.15, -0.1) is 0 Å². The minimum atomic E-state index is -0.347. The number of aromatic nitrogens is 1. The number of ether oxygens (including phenoxy) is 1. The summed E-state index contributed by atoms with van der Waals surface area (Å²) in [6.45, 7) is -0.347. The molecule has 2 aliphatic heterocycles. The molecule has 2 aliphatic rings. The molecule has 66 heavy (non-hydrogen) atoms. The van der Waals surface area contributed by atoms with E-state index in [1.807, 2.05) is 30.3 Å². The van der Waals surface area contributed by atoms with Crippen molar-refractivity contribution < 1.29 is 18.2 Å². The molecule has 0 saturated carbocycles. The molecular formula is C60H34BNO4. The van der Waals surface area contributed by atoms with Crippen LogP contribution in [0.2, 0.25) is 0 Å². The third-order valence-electron chi connectivity index (χ3n) is 13.9. The quantitative estimate of drug-likeness (QED) is 0.166. The first-order chi connectivity index (χ1) is 32.7. The van der Waals surface area contributed by atoms with Crippen molar-refractivity contribution in [3.05, 3.63) is 206 Å². The highest BCUT2D eigenvalue weighted by molar-refractivity contribution is 6.84. The SMILES string of the molecule is c1ccc2c(c1)Oc1cc(-c3cc(-n4c5ccccc5c5ccccc54)cc4c3oc3ccccc34)cc3c1B2Oc1ccc(-c2ccccc2-c2cccc4c2oc2ccccc24)cc1-3. The average Bonchev–Trinajstić information content (AvgIpc) is 4.06. The molecule has 0 amide bonds. The molecule has 0 saturated heterocycles. The van der Waals surface area contributed by atoms with Gasteiger partial charge in [-0.2, -0.15) is 0 Å². The Balaban J connectivity index is 0.975. The Morgan fingerprint density at radius 3 is 1.74 bits per heavy atom. The molecule has 0 N–H and O–H groups in total. The Morgan fingerprint density at radius 1 is 0.348 bits per heavy atom. The van der Waals surface area contributed by atoms with E-state index in [9.17, 15) is 0 Å². The van der Waals surface area contributed by atoms with Gasteiger partial charge < -0.3 is 22.8 Å². The second-order valence-corrected chi connectivity index (χ2v) is 17.4. The van der Waals surface area contributed by atoms with Crippen molar-refractivity contribution in [1.82, 2.24) is 4.57 Å². The molecule has 6 heteroatoms. The van der Waals surface area contributed by atoms with Gasteiger partial charge in [-0.05, 0) is 94.5 Å². The molecule has 13 aromatic rings. The highest BCUT2D eigenvalue weighted by Gasteiger charge is 2.41. The van der Waals surface area contributed by atoms with E-state index in [0.29, 0.717) is 0 Å². The van der Waals surface area contributed by atoms with Gasteiger partial charge in [-0.3, -0.25) is 0 Å². The van der Waals surface area contributed by atoms with Crippen LogP contribution in [0.4, 0.5) is 0 Å². The number of rotatable bonds is 4. The zero-order chi connectivity index (χ0) is 43.0. The number of furan rings is 2. The van der Waals surface area contributed by atoms with Crippen LogP contribution in [-0.4, -0.2) is 11.5 Å². The van der Waals surface area contributed by atoms with Crippen molar-refractivity contribution in [1.29, 1.82) is 0 Å². The van der Waals surface area contributed by atoms with Crippen LogP contribution < -0.4 is 20.3 Å². The third kappa shape index (κ3) is 5.01. The number of benzene rings is 10. The molecule has 0 spiro atoms. The number of nitrogens with zero attached hydrogens (tertiary/aromatic N) is 1. The van der Waals surface area contributed by atoms with E-state index in [1.165, 1.54) is 10.8 Å². The molecule has 0 radical (unpaired) electrons. The molecule has 15 rings (SSSR count). The summed E-state index contributed by atoms with van der Waals surface area (Å²) in [5.41, 5.74) is 17.2. The van der Waals surface area contributed by atoms with Crippen molar-refractivity contribution in [2.75, 3.05) is 0 Å². The van der Waals surface area contributed by atoms with Crippen LogP contribution in [0.5, 0.6) is 17.2 Å². The molecule has 3 aromatic heterocycles. The number of para-hydroxylation sites is 6. The summed E-state index contributed by atoms with van der Waals surface area (Å²) in [6, 6.07) is 72.9. The monoisotopic (exact) mass is 843 g/mol. The lowest BCUT2D eigenvalue weighted by Crippen LogP contribution is -2.53. The van der Waals surface area contributed by atoms with E-state index in [1.54, 1.807) is 0 Å². The van der Waals surface area contributed by atoms with E-state index in [0.717, 1.165) is 133 Å². The molecule has 0 unspecified atom stereocenters. The maximum Gasteiger partial charge on any atom is 0.434 e. The zero-order valence-corrected chi connectivity index (χ0v) is 35.3. The third-order valence-corrected chi connectivity index (χ3v) is 13.9. The Bertz CT molecular complexity index is 4160.